The molecule has 0 aliphatic heterocycles. The molecule has 0 aliphatic rings. The van der Waals surface area contributed by atoms with E-state index in [9.17, 15) is 9.59 Å². The molecule has 15 heavy (non-hydrogen) atoms. The van der Waals surface area contributed by atoms with Crippen molar-refractivity contribution in [3.63, 3.8) is 0 Å². The van der Waals surface area contributed by atoms with Crippen LogP contribution in [0.4, 0.5) is 0 Å². The van der Waals surface area contributed by atoms with E-state index in [-0.39, 0.29) is 32.7 Å². The van der Waals surface area contributed by atoms with Crippen LogP contribution in [0.15, 0.2) is 0 Å². The molecule has 0 amide bonds. The predicted molar refractivity (Wildman–Crippen MR) is 62.6 cm³/mol. The third-order valence-electron chi connectivity index (χ3n) is 1.19. The maximum atomic E-state index is 10.3. The molecule has 0 N–H and O–H groups in total. The summed E-state index contributed by atoms with van der Waals surface area (Å²) in [5, 5.41) is 0. The molecule has 0 fully saturated rings. The zero-order valence-electron chi connectivity index (χ0n) is 8.92. The van der Waals surface area contributed by atoms with Gasteiger partial charge >= 0.3 is 11.9 Å². The summed E-state index contributed by atoms with van der Waals surface area (Å²) in [5.41, 5.74) is 0. The molecule has 0 aromatic carbocycles. The van der Waals surface area contributed by atoms with Crippen molar-refractivity contribution in [1.29, 1.82) is 0 Å². The van der Waals surface area contributed by atoms with Crippen molar-refractivity contribution in [2.24, 2.45) is 5.92 Å². The number of hydrogen-bond donors (Lipinski definition) is 0. The molecule has 4 heteroatoms. The second-order valence-electron chi connectivity index (χ2n) is 2.61. The van der Waals surface area contributed by atoms with Gasteiger partial charge in [-0.05, 0) is 0 Å². The fourth-order valence-electron chi connectivity index (χ4n) is 0.380. The van der Waals surface area contributed by atoms with E-state index >= 15 is 0 Å². The van der Waals surface area contributed by atoms with E-state index in [2.05, 4.69) is 9.47 Å². The highest BCUT2D eigenvalue weighted by Gasteiger charge is 2.03. The first-order chi connectivity index (χ1) is 5.99. The first kappa shape index (κ1) is 23.6. The molecular weight excluding hydrogens is 196 g/mol. The third-order valence-corrected chi connectivity index (χ3v) is 1.19. The van der Waals surface area contributed by atoms with Crippen molar-refractivity contribution in [2.75, 3.05) is 14.2 Å². The second kappa shape index (κ2) is 15.4. The summed E-state index contributed by atoms with van der Waals surface area (Å²) in [7, 11) is 2.77. The van der Waals surface area contributed by atoms with Crippen molar-refractivity contribution in [3.8, 4) is 0 Å². The van der Waals surface area contributed by atoms with Gasteiger partial charge in [-0.25, -0.2) is 0 Å². The summed E-state index contributed by atoms with van der Waals surface area (Å²) in [6.45, 7) is 5.35. The standard InChI is InChI=1S/C5H10O2.C4H8O2.2CH4/c1-4(2)5(6)7-3;1-3-4(5)6-2;;/h4H,1-3H3;3H2,1-2H3;2*1H4. The molecule has 0 spiro atoms. The van der Waals surface area contributed by atoms with Gasteiger partial charge in [-0.15, -0.1) is 0 Å². The fourth-order valence-corrected chi connectivity index (χ4v) is 0.380. The second-order valence-corrected chi connectivity index (χ2v) is 2.61. The highest BCUT2D eigenvalue weighted by molar-refractivity contribution is 5.71. The van der Waals surface area contributed by atoms with Crippen molar-refractivity contribution in [2.45, 2.75) is 42.0 Å². The molecule has 0 aromatic heterocycles. The lowest BCUT2D eigenvalue weighted by Gasteiger charge is -1.97. The normalized spacial score (nSPS) is 7.33. The molecule has 0 aromatic rings. The Labute approximate surface area is 94.0 Å². The Hall–Kier alpha value is -1.06. The van der Waals surface area contributed by atoms with Crippen LogP contribution in [-0.4, -0.2) is 26.2 Å². The Morgan fingerprint density at radius 1 is 1.07 bits per heavy atom. The minimum absolute atomic E-state index is 0. The Morgan fingerprint density at radius 2 is 1.47 bits per heavy atom. The van der Waals surface area contributed by atoms with Gasteiger partial charge in [0.1, 0.15) is 0 Å². The van der Waals surface area contributed by atoms with Gasteiger partial charge in [0, 0.05) is 6.42 Å². The lowest BCUT2D eigenvalue weighted by Crippen LogP contribution is -2.07. The minimum atomic E-state index is -0.157. The molecule has 0 unspecified atom stereocenters. The SMILES string of the molecule is C.C.CCC(=O)OC.COC(=O)C(C)C. The Kier molecular flexibility index (Phi) is 24.3. The van der Waals surface area contributed by atoms with Gasteiger partial charge in [0.25, 0.3) is 0 Å². The summed E-state index contributed by atoms with van der Waals surface area (Å²) in [6, 6.07) is 0. The van der Waals surface area contributed by atoms with E-state index in [1.165, 1.54) is 14.2 Å². The number of esters is 2. The smallest absolute Gasteiger partial charge is 0.308 e. The van der Waals surface area contributed by atoms with Crippen molar-refractivity contribution in [3.05, 3.63) is 0 Å². The number of rotatable bonds is 2. The van der Waals surface area contributed by atoms with E-state index in [1.54, 1.807) is 20.8 Å². The quantitative estimate of drug-likeness (QED) is 0.674. The van der Waals surface area contributed by atoms with Crippen LogP contribution in [0.25, 0.3) is 0 Å². The van der Waals surface area contributed by atoms with E-state index in [1.807, 2.05) is 0 Å². The van der Waals surface area contributed by atoms with Gasteiger partial charge in [-0.2, -0.15) is 0 Å². The zero-order valence-corrected chi connectivity index (χ0v) is 8.92. The largest absolute Gasteiger partial charge is 0.469 e. The first-order valence-corrected chi connectivity index (χ1v) is 4.14. The van der Waals surface area contributed by atoms with Crippen LogP contribution in [-0.2, 0) is 19.1 Å². The van der Waals surface area contributed by atoms with E-state index in [0.29, 0.717) is 6.42 Å². The number of carbonyl (C=O) groups is 2. The number of methoxy groups -OCH3 is 2. The highest BCUT2D eigenvalue weighted by Crippen LogP contribution is 1.91. The Balaban J connectivity index is -0.0000000718. The summed E-state index contributed by atoms with van der Waals surface area (Å²) in [4.78, 5) is 20.2. The van der Waals surface area contributed by atoms with Gasteiger partial charge in [-0.3, -0.25) is 9.59 Å². The molecule has 4 nitrogen and oxygen atoms in total. The third kappa shape index (κ3) is 19.4. The van der Waals surface area contributed by atoms with Crippen LogP contribution < -0.4 is 0 Å². The highest BCUT2D eigenvalue weighted by atomic mass is 16.5. The van der Waals surface area contributed by atoms with Gasteiger partial charge < -0.3 is 9.47 Å². The minimum Gasteiger partial charge on any atom is -0.469 e. The van der Waals surface area contributed by atoms with Gasteiger partial charge in [-0.1, -0.05) is 35.6 Å². The monoisotopic (exact) mass is 222 g/mol. The Bertz CT molecular complexity index is 147. The lowest BCUT2D eigenvalue weighted by molar-refractivity contribution is -0.144. The van der Waals surface area contributed by atoms with Gasteiger partial charge in [0.05, 0.1) is 20.1 Å². The molecule has 0 atom stereocenters. The summed E-state index contributed by atoms with van der Waals surface area (Å²) in [6.07, 6.45) is 0.469. The van der Waals surface area contributed by atoms with Crippen molar-refractivity contribution < 1.29 is 19.1 Å². The molecule has 0 heterocycles. The molecule has 0 bridgehead atoms. The van der Waals surface area contributed by atoms with E-state index < -0.39 is 0 Å². The van der Waals surface area contributed by atoms with Crippen LogP contribution in [0, 0.1) is 5.92 Å². The molecule has 94 valence electrons. The van der Waals surface area contributed by atoms with E-state index in [4.69, 9.17) is 0 Å². The predicted octanol–water partition coefficient (Wildman–Crippen LogP) is 2.66. The summed E-state index contributed by atoms with van der Waals surface area (Å²) < 4.78 is 8.63. The van der Waals surface area contributed by atoms with E-state index in [0.717, 1.165) is 0 Å². The topological polar surface area (TPSA) is 52.6 Å². The average Bonchev–Trinajstić information content (AvgIpc) is 2.16. The molecule has 0 rings (SSSR count). The number of ether oxygens (including phenoxy) is 2. The zero-order chi connectivity index (χ0) is 10.9. The molecule has 0 saturated heterocycles. The first-order valence-electron chi connectivity index (χ1n) is 4.14. The van der Waals surface area contributed by atoms with Crippen LogP contribution in [0.1, 0.15) is 42.0 Å². The lowest BCUT2D eigenvalue weighted by atomic mass is 10.2. The molecule has 0 radical (unpaired) electrons. The van der Waals surface area contributed by atoms with Crippen LogP contribution in [0.2, 0.25) is 0 Å². The van der Waals surface area contributed by atoms with Crippen molar-refractivity contribution >= 4 is 11.9 Å². The molecular formula is C11H26O4. The number of carbonyl (C=O) groups excluding carboxylic acids is 2. The van der Waals surface area contributed by atoms with Crippen LogP contribution >= 0.6 is 0 Å². The van der Waals surface area contributed by atoms with Crippen LogP contribution in [0.3, 0.4) is 0 Å². The maximum absolute atomic E-state index is 10.3. The molecule has 0 aliphatic carbocycles. The molecule has 0 saturated carbocycles. The summed E-state index contributed by atoms with van der Waals surface area (Å²) >= 11 is 0. The van der Waals surface area contributed by atoms with Crippen molar-refractivity contribution in [1.82, 2.24) is 0 Å². The van der Waals surface area contributed by atoms with Crippen LogP contribution in [0.5, 0.6) is 0 Å². The van der Waals surface area contributed by atoms with Gasteiger partial charge in [0.15, 0.2) is 0 Å². The fraction of sp³-hybridized carbons (Fsp3) is 0.818. The van der Waals surface area contributed by atoms with Gasteiger partial charge in [0.2, 0.25) is 0 Å². The Morgan fingerprint density at radius 3 is 1.47 bits per heavy atom. The number of hydrogen-bond acceptors (Lipinski definition) is 4. The maximum Gasteiger partial charge on any atom is 0.308 e. The average molecular weight is 222 g/mol. The summed E-state index contributed by atoms with van der Waals surface area (Å²) in [5.74, 6) is -0.306.